The maximum absolute atomic E-state index is 12.9. The lowest BCUT2D eigenvalue weighted by atomic mass is 10.2. The summed E-state index contributed by atoms with van der Waals surface area (Å²) in [6.45, 7) is 2.23. The maximum atomic E-state index is 12.9. The van der Waals surface area contributed by atoms with Gasteiger partial charge in [-0.3, -0.25) is 9.69 Å². The Labute approximate surface area is 122 Å². The Hall–Kier alpha value is -2.17. The number of nitrogen functional groups attached to an aromatic ring is 1. The molecular formula is C14H17FN4O2. The molecule has 1 unspecified atom stereocenters. The van der Waals surface area contributed by atoms with Crippen LogP contribution in [-0.2, 0) is 9.53 Å². The van der Waals surface area contributed by atoms with E-state index in [2.05, 4.69) is 11.4 Å². The molecule has 1 aliphatic heterocycles. The van der Waals surface area contributed by atoms with E-state index in [0.717, 1.165) is 6.07 Å². The number of morpholine rings is 1. The molecular weight excluding hydrogens is 275 g/mol. The quantitative estimate of drug-likeness (QED) is 0.807. The summed E-state index contributed by atoms with van der Waals surface area (Å²) in [5.41, 5.74) is 6.22. The molecule has 1 aromatic carbocycles. The average molecular weight is 292 g/mol. The fourth-order valence-corrected chi connectivity index (χ4v) is 2.10. The molecule has 0 saturated carbocycles. The molecule has 6 nitrogen and oxygen atoms in total. The van der Waals surface area contributed by atoms with Gasteiger partial charge in [0.2, 0.25) is 5.91 Å². The average Bonchev–Trinajstić information content (AvgIpc) is 2.48. The van der Waals surface area contributed by atoms with Crippen molar-refractivity contribution in [2.24, 2.45) is 0 Å². The predicted molar refractivity (Wildman–Crippen MR) is 75.9 cm³/mol. The molecule has 21 heavy (non-hydrogen) atoms. The molecule has 0 radical (unpaired) electrons. The number of hydrogen-bond donors (Lipinski definition) is 2. The van der Waals surface area contributed by atoms with E-state index in [1.165, 1.54) is 12.1 Å². The molecule has 1 heterocycles. The number of nitrogens with two attached hydrogens (primary N) is 1. The zero-order valence-corrected chi connectivity index (χ0v) is 11.5. The van der Waals surface area contributed by atoms with E-state index < -0.39 is 11.9 Å². The van der Waals surface area contributed by atoms with Gasteiger partial charge in [-0.25, -0.2) is 4.39 Å². The fourth-order valence-electron chi connectivity index (χ4n) is 2.10. The number of halogens is 1. The number of nitrogens with zero attached hydrogens (tertiary/aromatic N) is 2. The molecule has 2 rings (SSSR count). The number of ether oxygens (including phenoxy) is 1. The maximum Gasteiger partial charge on any atom is 0.225 e. The highest BCUT2D eigenvalue weighted by molar-refractivity contribution is 5.93. The van der Waals surface area contributed by atoms with E-state index in [4.69, 9.17) is 15.7 Å². The second kappa shape index (κ2) is 7.02. The molecule has 0 aromatic heterocycles. The minimum Gasteiger partial charge on any atom is -0.397 e. The van der Waals surface area contributed by atoms with Crippen LogP contribution < -0.4 is 11.1 Å². The Bertz CT molecular complexity index is 558. The molecule has 1 saturated heterocycles. The zero-order valence-electron chi connectivity index (χ0n) is 11.5. The van der Waals surface area contributed by atoms with Crippen LogP contribution in [0.5, 0.6) is 0 Å². The van der Waals surface area contributed by atoms with Crippen molar-refractivity contribution in [2.45, 2.75) is 12.5 Å². The van der Waals surface area contributed by atoms with Crippen molar-refractivity contribution in [2.75, 3.05) is 37.3 Å². The van der Waals surface area contributed by atoms with Crippen molar-refractivity contribution < 1.29 is 13.9 Å². The summed E-state index contributed by atoms with van der Waals surface area (Å²) in [7, 11) is 0. The van der Waals surface area contributed by atoms with E-state index in [1.54, 1.807) is 0 Å². The molecule has 1 aromatic rings. The first-order chi connectivity index (χ1) is 10.1. The van der Waals surface area contributed by atoms with Gasteiger partial charge in [-0.05, 0) is 18.2 Å². The number of benzene rings is 1. The summed E-state index contributed by atoms with van der Waals surface area (Å²) in [5.74, 6) is -0.644. The molecule has 1 aliphatic rings. The van der Waals surface area contributed by atoms with Crippen molar-refractivity contribution in [3.8, 4) is 6.07 Å². The van der Waals surface area contributed by atoms with Gasteiger partial charge in [0.05, 0.1) is 24.1 Å². The standard InChI is InChI=1S/C14H17FN4O2/c15-10-1-2-13(12(17)7-10)18-14(20)3-4-19-5-6-21-11(8-16)9-19/h1-2,7,11H,3-6,9,17H2,(H,18,20). The third kappa shape index (κ3) is 4.41. The summed E-state index contributed by atoms with van der Waals surface area (Å²) in [4.78, 5) is 13.9. The third-order valence-electron chi connectivity index (χ3n) is 3.24. The Morgan fingerprint density at radius 1 is 1.62 bits per heavy atom. The molecule has 0 bridgehead atoms. The number of carbonyl (C=O) groups excluding carboxylic acids is 1. The summed E-state index contributed by atoms with van der Waals surface area (Å²) in [6, 6.07) is 5.89. The minimum atomic E-state index is -0.443. The number of anilines is 2. The van der Waals surface area contributed by atoms with E-state index in [1.807, 2.05) is 4.90 Å². The predicted octanol–water partition coefficient (Wildman–Crippen LogP) is 0.961. The Morgan fingerprint density at radius 3 is 3.14 bits per heavy atom. The van der Waals surface area contributed by atoms with E-state index >= 15 is 0 Å². The van der Waals surface area contributed by atoms with Crippen LogP contribution in [0.25, 0.3) is 0 Å². The van der Waals surface area contributed by atoms with Gasteiger partial charge < -0.3 is 15.8 Å². The van der Waals surface area contributed by atoms with Crippen molar-refractivity contribution in [3.63, 3.8) is 0 Å². The molecule has 0 spiro atoms. The van der Waals surface area contributed by atoms with Gasteiger partial charge in [0.1, 0.15) is 5.82 Å². The summed E-state index contributed by atoms with van der Waals surface area (Å²) < 4.78 is 18.1. The smallest absolute Gasteiger partial charge is 0.225 e. The molecule has 112 valence electrons. The molecule has 0 aliphatic carbocycles. The SMILES string of the molecule is N#CC1CN(CCC(=O)Nc2ccc(F)cc2N)CCO1. The number of nitrogens with one attached hydrogen (secondary N) is 1. The first-order valence-corrected chi connectivity index (χ1v) is 6.67. The molecule has 1 fully saturated rings. The van der Waals surface area contributed by atoms with Crippen molar-refractivity contribution in [1.82, 2.24) is 4.90 Å². The number of hydrogen-bond acceptors (Lipinski definition) is 5. The first kappa shape index (κ1) is 15.2. The number of amides is 1. The van der Waals surface area contributed by atoms with Crippen LogP contribution in [0.3, 0.4) is 0 Å². The van der Waals surface area contributed by atoms with Gasteiger partial charge in [-0.2, -0.15) is 5.26 Å². The second-order valence-electron chi connectivity index (χ2n) is 4.82. The lowest BCUT2D eigenvalue weighted by Crippen LogP contribution is -2.42. The van der Waals surface area contributed by atoms with E-state index in [0.29, 0.717) is 31.9 Å². The van der Waals surface area contributed by atoms with E-state index in [9.17, 15) is 9.18 Å². The van der Waals surface area contributed by atoms with Gasteiger partial charge in [0.25, 0.3) is 0 Å². The molecule has 1 atom stereocenters. The zero-order chi connectivity index (χ0) is 15.2. The van der Waals surface area contributed by atoms with E-state index in [-0.39, 0.29) is 18.0 Å². The molecule has 3 N–H and O–H groups in total. The van der Waals surface area contributed by atoms with Crippen molar-refractivity contribution in [1.29, 1.82) is 5.26 Å². The summed E-state index contributed by atoms with van der Waals surface area (Å²) >= 11 is 0. The molecule has 1 amide bonds. The highest BCUT2D eigenvalue weighted by Gasteiger charge is 2.20. The molecule has 7 heteroatoms. The number of nitriles is 1. The Balaban J connectivity index is 1.81. The largest absolute Gasteiger partial charge is 0.397 e. The lowest BCUT2D eigenvalue weighted by molar-refractivity contribution is -0.116. The summed E-state index contributed by atoms with van der Waals surface area (Å²) in [5, 5.41) is 11.5. The van der Waals surface area contributed by atoms with Crippen molar-refractivity contribution >= 4 is 17.3 Å². The fraction of sp³-hybridized carbons (Fsp3) is 0.429. The van der Waals surface area contributed by atoms with Crippen LogP contribution in [0, 0.1) is 17.1 Å². The van der Waals surface area contributed by atoms with Gasteiger partial charge >= 0.3 is 0 Å². The Morgan fingerprint density at radius 2 is 2.43 bits per heavy atom. The minimum absolute atomic E-state index is 0.194. The topological polar surface area (TPSA) is 91.4 Å². The first-order valence-electron chi connectivity index (χ1n) is 6.67. The van der Waals surface area contributed by atoms with Crippen LogP contribution in [0.2, 0.25) is 0 Å². The second-order valence-corrected chi connectivity index (χ2v) is 4.82. The van der Waals surface area contributed by atoms with Crippen LogP contribution in [0.15, 0.2) is 18.2 Å². The highest BCUT2D eigenvalue weighted by Crippen LogP contribution is 2.19. The normalized spacial score (nSPS) is 19.0. The number of rotatable bonds is 4. The van der Waals surface area contributed by atoms with Gasteiger partial charge in [0.15, 0.2) is 6.10 Å². The van der Waals surface area contributed by atoms with Gasteiger partial charge in [-0.15, -0.1) is 0 Å². The van der Waals surface area contributed by atoms with Crippen LogP contribution in [0.4, 0.5) is 15.8 Å². The summed E-state index contributed by atoms with van der Waals surface area (Å²) in [6.07, 6.45) is -0.163. The number of carbonyl (C=O) groups is 1. The monoisotopic (exact) mass is 292 g/mol. The van der Waals surface area contributed by atoms with Crippen LogP contribution >= 0.6 is 0 Å². The lowest BCUT2D eigenvalue weighted by Gasteiger charge is -2.29. The van der Waals surface area contributed by atoms with Crippen molar-refractivity contribution in [3.05, 3.63) is 24.0 Å². The van der Waals surface area contributed by atoms with Crippen LogP contribution in [0.1, 0.15) is 6.42 Å². The highest BCUT2D eigenvalue weighted by atomic mass is 19.1. The van der Waals surface area contributed by atoms with Crippen LogP contribution in [-0.4, -0.2) is 43.2 Å². The third-order valence-corrected chi connectivity index (χ3v) is 3.24. The van der Waals surface area contributed by atoms with Gasteiger partial charge in [0, 0.05) is 26.1 Å². The Kier molecular flexibility index (Phi) is 5.09. The van der Waals surface area contributed by atoms with Gasteiger partial charge in [-0.1, -0.05) is 0 Å².